The highest BCUT2D eigenvalue weighted by Gasteiger charge is 2.34. The monoisotopic (exact) mass is 250 g/mol. The van der Waals surface area contributed by atoms with Crippen LogP contribution in [0.3, 0.4) is 0 Å². The zero-order valence-electron chi connectivity index (χ0n) is 9.64. The summed E-state index contributed by atoms with van der Waals surface area (Å²) in [6, 6.07) is 2.42. The molecule has 0 aromatic heterocycles. The van der Waals surface area contributed by atoms with E-state index in [9.17, 15) is 17.6 Å². The highest BCUT2D eigenvalue weighted by molar-refractivity contribution is 5.36. The van der Waals surface area contributed by atoms with Gasteiger partial charge in [0.2, 0.25) is 0 Å². The first kappa shape index (κ1) is 13.8. The first-order chi connectivity index (χ1) is 7.84. The molecule has 0 heterocycles. The summed E-state index contributed by atoms with van der Waals surface area (Å²) in [6.07, 6.45) is -3.80. The Morgan fingerprint density at radius 2 is 1.94 bits per heavy atom. The minimum absolute atomic E-state index is 0.154. The first-order valence-corrected chi connectivity index (χ1v) is 5.34. The van der Waals surface area contributed by atoms with Gasteiger partial charge in [-0.3, -0.25) is 0 Å². The van der Waals surface area contributed by atoms with Gasteiger partial charge >= 0.3 is 6.18 Å². The van der Waals surface area contributed by atoms with Crippen LogP contribution >= 0.6 is 0 Å². The number of halogens is 4. The van der Waals surface area contributed by atoms with Crippen LogP contribution in [0.1, 0.15) is 25.8 Å². The molecule has 0 amide bonds. The normalized spacial score (nSPS) is 13.5. The largest absolute Gasteiger partial charge is 0.493 e. The van der Waals surface area contributed by atoms with Gasteiger partial charge in [-0.1, -0.05) is 20.3 Å². The van der Waals surface area contributed by atoms with E-state index >= 15 is 0 Å². The summed E-state index contributed by atoms with van der Waals surface area (Å²) in [5, 5.41) is 0. The van der Waals surface area contributed by atoms with Crippen molar-refractivity contribution < 1.29 is 22.3 Å². The third-order valence-electron chi connectivity index (χ3n) is 2.47. The lowest BCUT2D eigenvalue weighted by atomic mass is 10.1. The lowest BCUT2D eigenvalue weighted by Crippen LogP contribution is -2.13. The Morgan fingerprint density at radius 3 is 2.47 bits per heavy atom. The second-order valence-electron chi connectivity index (χ2n) is 3.96. The lowest BCUT2D eigenvalue weighted by molar-refractivity contribution is -0.139. The molecule has 0 saturated carbocycles. The summed E-state index contributed by atoms with van der Waals surface area (Å²) in [5.74, 6) is -1.09. The van der Waals surface area contributed by atoms with E-state index < -0.39 is 17.6 Å². The van der Waals surface area contributed by atoms with Crippen molar-refractivity contribution in [2.75, 3.05) is 6.61 Å². The molecule has 0 aliphatic rings. The van der Waals surface area contributed by atoms with Crippen LogP contribution in [0.2, 0.25) is 0 Å². The van der Waals surface area contributed by atoms with Crippen molar-refractivity contribution >= 4 is 0 Å². The highest BCUT2D eigenvalue weighted by atomic mass is 19.4. The molecule has 0 unspecified atom stereocenters. The molecule has 1 rings (SSSR count). The van der Waals surface area contributed by atoms with Crippen LogP contribution in [0, 0.1) is 11.7 Å². The van der Waals surface area contributed by atoms with Gasteiger partial charge in [-0.25, -0.2) is 4.39 Å². The molecule has 0 aliphatic carbocycles. The molecular formula is C12H14F4O. The van der Waals surface area contributed by atoms with Crippen molar-refractivity contribution in [2.45, 2.75) is 26.4 Å². The number of hydrogen-bond acceptors (Lipinski definition) is 1. The molecule has 1 aromatic carbocycles. The molecule has 1 atom stereocenters. The molecule has 0 bridgehead atoms. The highest BCUT2D eigenvalue weighted by Crippen LogP contribution is 2.36. The lowest BCUT2D eigenvalue weighted by Gasteiger charge is -2.16. The topological polar surface area (TPSA) is 9.23 Å². The Kier molecular flexibility index (Phi) is 4.37. The second kappa shape index (κ2) is 5.38. The van der Waals surface area contributed by atoms with Crippen LogP contribution < -0.4 is 4.74 Å². The number of hydrogen-bond donors (Lipinski definition) is 0. The summed E-state index contributed by atoms with van der Waals surface area (Å²) in [7, 11) is 0. The third kappa shape index (κ3) is 3.91. The molecule has 0 spiro atoms. The number of alkyl halides is 3. The molecule has 17 heavy (non-hydrogen) atoms. The predicted molar refractivity (Wildman–Crippen MR) is 56.4 cm³/mol. The van der Waals surface area contributed by atoms with E-state index in [-0.39, 0.29) is 18.3 Å². The van der Waals surface area contributed by atoms with Crippen LogP contribution in [-0.4, -0.2) is 6.61 Å². The summed E-state index contributed by atoms with van der Waals surface area (Å²) >= 11 is 0. The van der Waals surface area contributed by atoms with Gasteiger partial charge in [0.25, 0.3) is 0 Å². The van der Waals surface area contributed by atoms with E-state index in [1.165, 1.54) is 0 Å². The Labute approximate surface area is 97.4 Å². The van der Waals surface area contributed by atoms with E-state index in [1.54, 1.807) is 0 Å². The van der Waals surface area contributed by atoms with Crippen LogP contribution in [-0.2, 0) is 6.18 Å². The van der Waals surface area contributed by atoms with Gasteiger partial charge in [-0.2, -0.15) is 13.2 Å². The third-order valence-corrected chi connectivity index (χ3v) is 2.47. The minimum Gasteiger partial charge on any atom is -0.493 e. The van der Waals surface area contributed by atoms with E-state index in [1.807, 2.05) is 13.8 Å². The van der Waals surface area contributed by atoms with Crippen LogP contribution in [0.5, 0.6) is 5.75 Å². The maximum absolute atomic E-state index is 12.8. The molecule has 1 aromatic rings. The van der Waals surface area contributed by atoms with Crippen molar-refractivity contribution in [2.24, 2.45) is 5.92 Å². The van der Waals surface area contributed by atoms with Crippen LogP contribution in [0.15, 0.2) is 18.2 Å². The molecule has 5 heteroatoms. The molecular weight excluding hydrogens is 236 g/mol. The van der Waals surface area contributed by atoms with Crippen LogP contribution in [0.4, 0.5) is 17.6 Å². The number of rotatable bonds is 4. The summed E-state index contributed by atoms with van der Waals surface area (Å²) < 4.78 is 55.6. The molecule has 0 radical (unpaired) electrons. The molecule has 0 fully saturated rings. The van der Waals surface area contributed by atoms with E-state index in [4.69, 9.17) is 4.74 Å². The van der Waals surface area contributed by atoms with Crippen molar-refractivity contribution in [1.29, 1.82) is 0 Å². The summed E-state index contributed by atoms with van der Waals surface area (Å²) in [5.41, 5.74) is -1.07. The fourth-order valence-electron chi connectivity index (χ4n) is 1.20. The van der Waals surface area contributed by atoms with E-state index in [0.717, 1.165) is 18.6 Å². The first-order valence-electron chi connectivity index (χ1n) is 5.34. The van der Waals surface area contributed by atoms with Gasteiger partial charge in [0.1, 0.15) is 17.1 Å². The molecule has 0 N–H and O–H groups in total. The quantitative estimate of drug-likeness (QED) is 0.725. The fourth-order valence-corrected chi connectivity index (χ4v) is 1.20. The Morgan fingerprint density at radius 1 is 1.29 bits per heavy atom. The standard InChI is InChI=1S/C12H14F4O/c1-3-8(2)7-17-11-5-4-9(13)6-10(11)12(14,15)16/h4-6,8H,3,7H2,1-2H3/t8-/m1/s1. The molecule has 0 saturated heterocycles. The Bertz CT molecular complexity index is 373. The van der Waals surface area contributed by atoms with Crippen molar-refractivity contribution in [3.05, 3.63) is 29.6 Å². The number of benzene rings is 1. The maximum atomic E-state index is 12.8. The van der Waals surface area contributed by atoms with Gasteiger partial charge in [0, 0.05) is 0 Å². The summed E-state index contributed by atoms with van der Waals surface area (Å²) in [4.78, 5) is 0. The zero-order valence-corrected chi connectivity index (χ0v) is 9.64. The smallest absolute Gasteiger partial charge is 0.420 e. The fraction of sp³-hybridized carbons (Fsp3) is 0.500. The average Bonchev–Trinajstić information content (AvgIpc) is 2.25. The zero-order chi connectivity index (χ0) is 13.1. The Balaban J connectivity index is 2.91. The Hall–Kier alpha value is -1.26. The van der Waals surface area contributed by atoms with Crippen LogP contribution in [0.25, 0.3) is 0 Å². The van der Waals surface area contributed by atoms with Crippen molar-refractivity contribution in [3.8, 4) is 5.75 Å². The van der Waals surface area contributed by atoms with E-state index in [2.05, 4.69) is 0 Å². The van der Waals surface area contributed by atoms with Gasteiger partial charge < -0.3 is 4.74 Å². The van der Waals surface area contributed by atoms with Gasteiger partial charge in [-0.15, -0.1) is 0 Å². The minimum atomic E-state index is -4.60. The van der Waals surface area contributed by atoms with Gasteiger partial charge in [0.05, 0.1) is 6.61 Å². The predicted octanol–water partition coefficient (Wildman–Crippen LogP) is 4.27. The van der Waals surface area contributed by atoms with Crippen molar-refractivity contribution in [1.82, 2.24) is 0 Å². The molecule has 0 aliphatic heterocycles. The molecule has 1 nitrogen and oxygen atoms in total. The van der Waals surface area contributed by atoms with Crippen molar-refractivity contribution in [3.63, 3.8) is 0 Å². The number of ether oxygens (including phenoxy) is 1. The molecule has 96 valence electrons. The van der Waals surface area contributed by atoms with E-state index in [0.29, 0.717) is 6.07 Å². The summed E-state index contributed by atoms with van der Waals surface area (Å²) in [6.45, 7) is 3.98. The second-order valence-corrected chi connectivity index (χ2v) is 3.96. The van der Waals surface area contributed by atoms with Gasteiger partial charge in [-0.05, 0) is 24.1 Å². The maximum Gasteiger partial charge on any atom is 0.420 e. The SMILES string of the molecule is CC[C@@H](C)COc1ccc(F)cc1C(F)(F)F. The average molecular weight is 250 g/mol. The van der Waals surface area contributed by atoms with Gasteiger partial charge in [0.15, 0.2) is 0 Å².